The molecule has 0 bridgehead atoms. The Kier molecular flexibility index (Phi) is 5.08. The molecule has 2 aromatic heterocycles. The van der Waals surface area contributed by atoms with Gasteiger partial charge >= 0.3 is 0 Å². The maximum atomic E-state index is 12.8. The van der Waals surface area contributed by atoms with Gasteiger partial charge in [0, 0.05) is 34.7 Å². The van der Waals surface area contributed by atoms with Crippen LogP contribution in [0, 0.1) is 0 Å². The molecule has 0 spiro atoms. The molecule has 7 nitrogen and oxygen atoms in total. The molecule has 4 aromatic rings. The number of H-pyrrole nitrogens is 2. The topological polar surface area (TPSA) is 104 Å². The van der Waals surface area contributed by atoms with E-state index in [1.54, 1.807) is 6.20 Å². The van der Waals surface area contributed by atoms with Gasteiger partial charge in [0.15, 0.2) is 0 Å². The summed E-state index contributed by atoms with van der Waals surface area (Å²) in [5.74, 6) is 0.223. The van der Waals surface area contributed by atoms with E-state index < -0.39 is 0 Å². The summed E-state index contributed by atoms with van der Waals surface area (Å²) in [4.78, 5) is 24.9. The lowest BCUT2D eigenvalue weighted by Crippen LogP contribution is -2.37. The van der Waals surface area contributed by atoms with Crippen LogP contribution < -0.4 is 10.9 Å². The lowest BCUT2D eigenvalue weighted by molar-refractivity contribution is 0.0925. The molecule has 5 rings (SSSR count). The van der Waals surface area contributed by atoms with Crippen molar-refractivity contribution in [2.24, 2.45) is 0 Å². The molecule has 0 atom stereocenters. The normalized spacial score (nSPS) is 18.7. The van der Waals surface area contributed by atoms with Crippen molar-refractivity contribution >= 4 is 16.7 Å². The summed E-state index contributed by atoms with van der Waals surface area (Å²) in [5.41, 5.74) is 3.36. The van der Waals surface area contributed by atoms with Gasteiger partial charge in [0.1, 0.15) is 0 Å². The van der Waals surface area contributed by atoms with Crippen molar-refractivity contribution in [3.8, 4) is 11.1 Å². The second-order valence-electron chi connectivity index (χ2n) is 8.07. The monoisotopic (exact) mass is 413 g/mol. The van der Waals surface area contributed by atoms with Crippen molar-refractivity contribution in [1.29, 1.82) is 0 Å². The van der Waals surface area contributed by atoms with Crippen LogP contribution in [0.3, 0.4) is 0 Å². The molecule has 2 aromatic carbocycles. The Morgan fingerprint density at radius 2 is 1.77 bits per heavy atom. The van der Waals surface area contributed by atoms with E-state index in [0.29, 0.717) is 10.9 Å². The molecule has 0 unspecified atom stereocenters. The molecule has 1 saturated carbocycles. The highest BCUT2D eigenvalue weighted by atomic mass is 16.1. The number of benzene rings is 2. The molecule has 0 saturated heterocycles. The standard InChI is InChI=1S/C24H23N5O2/c30-23(17-5-3-4-16(12-17)18-13-25-26-14-18)27-19-10-8-15(9-11-19)22-20-6-1-2-7-21(20)24(31)29-28-22/h1-7,12-15,19H,8-11H2,(H,25,26)(H,27,30)(H,29,31). The second-order valence-corrected chi connectivity index (χ2v) is 8.07. The number of carbonyl (C=O) groups excluding carboxylic acids is 1. The number of aromatic nitrogens is 4. The van der Waals surface area contributed by atoms with Crippen molar-refractivity contribution < 1.29 is 4.79 Å². The first-order chi connectivity index (χ1) is 15.2. The maximum Gasteiger partial charge on any atom is 0.272 e. The van der Waals surface area contributed by atoms with Crippen molar-refractivity contribution in [1.82, 2.24) is 25.7 Å². The SMILES string of the molecule is O=C(NC1CCC(c2n[nH]c(=O)c3ccccc23)CC1)c1cccc(-c2cn[nH]c2)c1. The van der Waals surface area contributed by atoms with Crippen LogP contribution in [0.4, 0.5) is 0 Å². The zero-order valence-corrected chi connectivity index (χ0v) is 17.0. The zero-order chi connectivity index (χ0) is 21.2. The van der Waals surface area contributed by atoms with E-state index in [1.807, 2.05) is 54.7 Å². The molecule has 2 heterocycles. The van der Waals surface area contributed by atoms with Crippen LogP contribution in [0.2, 0.25) is 0 Å². The quantitative estimate of drug-likeness (QED) is 0.474. The van der Waals surface area contributed by atoms with Gasteiger partial charge in [-0.15, -0.1) is 0 Å². The minimum Gasteiger partial charge on any atom is -0.349 e. The second kappa shape index (κ2) is 8.18. The first-order valence-electron chi connectivity index (χ1n) is 10.6. The molecule has 3 N–H and O–H groups in total. The largest absolute Gasteiger partial charge is 0.349 e. The molecule has 7 heteroatoms. The Labute approximate surface area is 178 Å². The Morgan fingerprint density at radius 1 is 0.968 bits per heavy atom. The highest BCUT2D eigenvalue weighted by Crippen LogP contribution is 2.34. The number of nitrogens with zero attached hydrogens (tertiary/aromatic N) is 2. The van der Waals surface area contributed by atoms with Crippen LogP contribution in [0.1, 0.15) is 47.7 Å². The van der Waals surface area contributed by atoms with Gasteiger partial charge in [0.05, 0.1) is 17.3 Å². The van der Waals surface area contributed by atoms with Crippen LogP contribution in [-0.4, -0.2) is 32.3 Å². The van der Waals surface area contributed by atoms with Crippen molar-refractivity contribution in [2.75, 3.05) is 0 Å². The van der Waals surface area contributed by atoms with E-state index in [1.165, 1.54) is 0 Å². The van der Waals surface area contributed by atoms with Crippen LogP contribution in [0.15, 0.2) is 65.7 Å². The molecule has 0 aliphatic heterocycles. The van der Waals surface area contributed by atoms with E-state index in [9.17, 15) is 9.59 Å². The third-order valence-corrected chi connectivity index (χ3v) is 6.13. The van der Waals surface area contributed by atoms with Gasteiger partial charge in [0.25, 0.3) is 11.5 Å². The predicted octanol–water partition coefficient (Wildman–Crippen LogP) is 3.77. The lowest BCUT2D eigenvalue weighted by atomic mass is 9.82. The fourth-order valence-electron chi connectivity index (χ4n) is 4.48. The fraction of sp³-hybridized carbons (Fsp3) is 0.250. The van der Waals surface area contributed by atoms with Crippen LogP contribution >= 0.6 is 0 Å². The zero-order valence-electron chi connectivity index (χ0n) is 17.0. The Balaban J connectivity index is 1.26. The van der Waals surface area contributed by atoms with Crippen LogP contribution in [-0.2, 0) is 0 Å². The smallest absolute Gasteiger partial charge is 0.272 e. The predicted molar refractivity (Wildman–Crippen MR) is 119 cm³/mol. The third-order valence-electron chi connectivity index (χ3n) is 6.13. The molecule has 31 heavy (non-hydrogen) atoms. The van der Waals surface area contributed by atoms with E-state index >= 15 is 0 Å². The molecule has 1 amide bonds. The van der Waals surface area contributed by atoms with Gasteiger partial charge in [-0.25, -0.2) is 5.10 Å². The number of fused-ring (bicyclic) bond motifs is 1. The number of aromatic amines is 2. The number of nitrogens with one attached hydrogen (secondary N) is 3. The maximum absolute atomic E-state index is 12.8. The number of rotatable bonds is 4. The summed E-state index contributed by atoms with van der Waals surface area (Å²) in [6.45, 7) is 0. The van der Waals surface area contributed by atoms with Gasteiger partial charge in [-0.2, -0.15) is 10.2 Å². The van der Waals surface area contributed by atoms with Crippen molar-refractivity contribution in [3.05, 3.63) is 82.5 Å². The Bertz CT molecular complexity index is 1270. The Hall–Kier alpha value is -3.74. The molecule has 156 valence electrons. The molecule has 0 radical (unpaired) electrons. The van der Waals surface area contributed by atoms with Crippen molar-refractivity contribution in [3.63, 3.8) is 0 Å². The minimum atomic E-state index is -0.155. The average molecular weight is 413 g/mol. The van der Waals surface area contributed by atoms with Crippen LogP contribution in [0.25, 0.3) is 21.9 Å². The summed E-state index contributed by atoms with van der Waals surface area (Å²) < 4.78 is 0. The molecule has 1 fully saturated rings. The number of carbonyl (C=O) groups is 1. The van der Waals surface area contributed by atoms with Crippen LogP contribution in [0.5, 0.6) is 0 Å². The highest BCUT2D eigenvalue weighted by Gasteiger charge is 2.26. The first kappa shape index (κ1) is 19.2. The van der Waals surface area contributed by atoms with E-state index in [4.69, 9.17) is 0 Å². The summed E-state index contributed by atoms with van der Waals surface area (Å²) in [6, 6.07) is 15.3. The number of hydrogen-bond acceptors (Lipinski definition) is 4. The third kappa shape index (κ3) is 3.86. The summed E-state index contributed by atoms with van der Waals surface area (Å²) >= 11 is 0. The molecule has 1 aliphatic rings. The summed E-state index contributed by atoms with van der Waals surface area (Å²) in [5, 5.41) is 18.6. The van der Waals surface area contributed by atoms with Gasteiger partial charge in [-0.3, -0.25) is 14.7 Å². The van der Waals surface area contributed by atoms with E-state index in [0.717, 1.165) is 47.9 Å². The fourth-order valence-corrected chi connectivity index (χ4v) is 4.48. The first-order valence-corrected chi connectivity index (χ1v) is 10.6. The minimum absolute atomic E-state index is 0.0542. The number of hydrogen-bond donors (Lipinski definition) is 3. The summed E-state index contributed by atoms with van der Waals surface area (Å²) in [6.07, 6.45) is 7.16. The van der Waals surface area contributed by atoms with Gasteiger partial charge in [-0.1, -0.05) is 30.3 Å². The molecular weight excluding hydrogens is 390 g/mol. The van der Waals surface area contributed by atoms with Gasteiger partial charge < -0.3 is 5.32 Å². The van der Waals surface area contributed by atoms with Crippen molar-refractivity contribution in [2.45, 2.75) is 37.6 Å². The highest BCUT2D eigenvalue weighted by molar-refractivity contribution is 5.95. The number of amides is 1. The van der Waals surface area contributed by atoms with Gasteiger partial charge in [0.2, 0.25) is 0 Å². The van der Waals surface area contributed by atoms with E-state index in [-0.39, 0.29) is 23.4 Å². The molecule has 1 aliphatic carbocycles. The Morgan fingerprint density at radius 3 is 2.55 bits per heavy atom. The van der Waals surface area contributed by atoms with Gasteiger partial charge in [-0.05, 0) is 49.4 Å². The average Bonchev–Trinajstić information content (AvgIpc) is 3.36. The molecular formula is C24H23N5O2. The lowest BCUT2D eigenvalue weighted by Gasteiger charge is -2.29. The summed E-state index contributed by atoms with van der Waals surface area (Å²) in [7, 11) is 0. The van der Waals surface area contributed by atoms with E-state index in [2.05, 4.69) is 25.7 Å².